The first-order valence-electron chi connectivity index (χ1n) is 6.45. The van der Waals surface area contributed by atoms with Crippen LogP contribution in [0.3, 0.4) is 0 Å². The molecule has 0 bridgehead atoms. The van der Waals surface area contributed by atoms with E-state index in [1.807, 2.05) is 29.2 Å². The Morgan fingerprint density at radius 1 is 1.33 bits per heavy atom. The minimum absolute atomic E-state index is 0.171. The Hall–Kier alpha value is -0.752. The molecule has 1 radical (unpaired) electrons. The monoisotopic (exact) mass is 306 g/mol. The van der Waals surface area contributed by atoms with E-state index in [0.717, 1.165) is 28.9 Å². The zero-order valence-corrected chi connectivity index (χ0v) is 13.1. The summed E-state index contributed by atoms with van der Waals surface area (Å²) in [6, 6.07) is 7.60. The molecule has 0 aliphatic carbocycles. The Kier molecular flexibility index (Phi) is 4.50. The molecule has 0 unspecified atom stereocenters. The van der Waals surface area contributed by atoms with Crippen LogP contribution in [0.15, 0.2) is 24.3 Å². The zero-order chi connectivity index (χ0) is 13.1. The first-order chi connectivity index (χ1) is 8.58. The molecule has 1 heterocycles. The van der Waals surface area contributed by atoms with Crippen LogP contribution in [-0.2, 0) is 0 Å². The second kappa shape index (κ2) is 5.93. The van der Waals surface area contributed by atoms with Gasteiger partial charge in [-0.15, -0.1) is 0 Å². The molecule has 1 saturated heterocycles. The van der Waals surface area contributed by atoms with E-state index in [1.54, 1.807) is 0 Å². The summed E-state index contributed by atoms with van der Waals surface area (Å²) in [4.78, 5) is 14.3. The number of piperidine rings is 1. The van der Waals surface area contributed by atoms with E-state index >= 15 is 0 Å². The first kappa shape index (κ1) is 13.7. The molecular formula is C15H21AsNO. The molecule has 0 N–H and O–H groups in total. The van der Waals surface area contributed by atoms with E-state index in [2.05, 4.69) is 18.3 Å². The topological polar surface area (TPSA) is 20.3 Å². The van der Waals surface area contributed by atoms with Gasteiger partial charge in [-0.05, 0) is 0 Å². The maximum absolute atomic E-state index is 12.3. The fourth-order valence-electron chi connectivity index (χ4n) is 2.47. The number of rotatable bonds is 2. The average molecular weight is 306 g/mol. The molecule has 1 aliphatic rings. The van der Waals surface area contributed by atoms with Gasteiger partial charge in [-0.3, -0.25) is 0 Å². The summed E-state index contributed by atoms with van der Waals surface area (Å²) in [7, 11) is 0. The van der Waals surface area contributed by atoms with Crippen LogP contribution in [0.4, 0.5) is 0 Å². The molecule has 1 amide bonds. The summed E-state index contributed by atoms with van der Waals surface area (Å²) in [5.74, 6) is 0.171. The number of amides is 1. The van der Waals surface area contributed by atoms with Gasteiger partial charge >= 0.3 is 115 Å². The van der Waals surface area contributed by atoms with Crippen molar-refractivity contribution in [1.82, 2.24) is 4.90 Å². The molecule has 0 atom stereocenters. The Bertz CT molecular complexity index is 422. The number of hydrogen-bond donors (Lipinski definition) is 0. The Labute approximate surface area is 115 Å². The van der Waals surface area contributed by atoms with Gasteiger partial charge in [-0.25, -0.2) is 0 Å². The van der Waals surface area contributed by atoms with Crippen molar-refractivity contribution in [2.75, 3.05) is 13.1 Å². The van der Waals surface area contributed by atoms with Crippen LogP contribution in [0, 0.1) is 6.92 Å². The van der Waals surface area contributed by atoms with Crippen molar-refractivity contribution in [3.63, 3.8) is 0 Å². The fraction of sp³-hybridized carbons (Fsp3) is 0.467. The van der Waals surface area contributed by atoms with Gasteiger partial charge in [0.1, 0.15) is 0 Å². The van der Waals surface area contributed by atoms with Crippen LogP contribution in [0.5, 0.6) is 0 Å². The Balaban J connectivity index is 1.99. The summed E-state index contributed by atoms with van der Waals surface area (Å²) in [5, 5.41) is 0. The standard InChI is InChI=1S/C15H21AsNO/c1-12-5-4-6-13(11-12)15(18)17-9-7-14(8-10-17)16(2)3/h4-6,11,14H,1,7-10H2,2-3H3. The van der Waals surface area contributed by atoms with E-state index in [1.165, 1.54) is 12.8 Å². The van der Waals surface area contributed by atoms with Crippen LogP contribution in [0.1, 0.15) is 28.8 Å². The molecule has 3 heteroatoms. The second-order valence-electron chi connectivity index (χ2n) is 5.19. The van der Waals surface area contributed by atoms with Gasteiger partial charge in [0.25, 0.3) is 0 Å². The van der Waals surface area contributed by atoms with Gasteiger partial charge in [-0.1, -0.05) is 0 Å². The molecule has 0 aromatic heterocycles. The predicted molar refractivity (Wildman–Crippen MR) is 77.3 cm³/mol. The average Bonchev–Trinajstić information content (AvgIpc) is 2.38. The van der Waals surface area contributed by atoms with Crippen LogP contribution in [0.2, 0.25) is 16.1 Å². The van der Waals surface area contributed by atoms with Crippen molar-refractivity contribution in [1.29, 1.82) is 0 Å². The van der Waals surface area contributed by atoms with Crippen molar-refractivity contribution in [2.24, 2.45) is 0 Å². The van der Waals surface area contributed by atoms with Crippen molar-refractivity contribution < 1.29 is 4.79 Å². The third-order valence-electron chi connectivity index (χ3n) is 3.66. The Morgan fingerprint density at radius 2 is 2.00 bits per heavy atom. The van der Waals surface area contributed by atoms with Crippen LogP contribution in [0.25, 0.3) is 0 Å². The summed E-state index contributed by atoms with van der Waals surface area (Å²) >= 11 is -0.604. The number of likely N-dealkylation sites (tertiary alicyclic amines) is 1. The fourth-order valence-corrected chi connectivity index (χ4v) is 5.12. The van der Waals surface area contributed by atoms with Crippen LogP contribution in [-0.4, -0.2) is 38.5 Å². The number of nitrogens with zero attached hydrogens (tertiary/aromatic N) is 1. The third-order valence-corrected chi connectivity index (χ3v) is 7.80. The molecule has 0 saturated carbocycles. The summed E-state index contributed by atoms with van der Waals surface area (Å²) in [6.45, 7) is 5.74. The molecule has 1 aromatic carbocycles. The Morgan fingerprint density at radius 3 is 2.56 bits per heavy atom. The van der Waals surface area contributed by atoms with E-state index in [9.17, 15) is 4.79 Å². The minimum atomic E-state index is -0.604. The normalized spacial score (nSPS) is 17.2. The van der Waals surface area contributed by atoms with Crippen molar-refractivity contribution in [3.8, 4) is 0 Å². The summed E-state index contributed by atoms with van der Waals surface area (Å²) in [6.07, 6.45) is 2.39. The van der Waals surface area contributed by atoms with E-state index < -0.39 is 14.7 Å². The van der Waals surface area contributed by atoms with Crippen molar-refractivity contribution in [2.45, 2.75) is 29.0 Å². The van der Waals surface area contributed by atoms with Gasteiger partial charge in [0.05, 0.1) is 0 Å². The van der Waals surface area contributed by atoms with Crippen LogP contribution < -0.4 is 0 Å². The molecule has 2 rings (SSSR count). The summed E-state index contributed by atoms with van der Waals surface area (Å²) < 4.78 is 0.917. The SMILES string of the molecule is [CH2]c1cccc(C(=O)N2CCC([As](C)C)CC2)c1. The zero-order valence-electron chi connectivity index (χ0n) is 11.2. The predicted octanol–water partition coefficient (Wildman–Crippen LogP) is 3.23. The number of carbonyl (C=O) groups excluding carboxylic acids is 1. The van der Waals surface area contributed by atoms with E-state index in [4.69, 9.17) is 0 Å². The number of hydrogen-bond acceptors (Lipinski definition) is 1. The van der Waals surface area contributed by atoms with Gasteiger partial charge < -0.3 is 0 Å². The molecular weight excluding hydrogens is 285 g/mol. The molecule has 97 valence electrons. The molecule has 1 aromatic rings. The third kappa shape index (κ3) is 3.17. The van der Waals surface area contributed by atoms with Crippen molar-refractivity contribution >= 4 is 20.6 Å². The first-order valence-corrected chi connectivity index (χ1v) is 11.3. The van der Waals surface area contributed by atoms with Gasteiger partial charge in [0.15, 0.2) is 0 Å². The van der Waals surface area contributed by atoms with Gasteiger partial charge in [0, 0.05) is 0 Å². The van der Waals surface area contributed by atoms with Crippen molar-refractivity contribution in [3.05, 3.63) is 42.3 Å². The second-order valence-corrected chi connectivity index (χ2v) is 10.8. The molecule has 18 heavy (non-hydrogen) atoms. The van der Waals surface area contributed by atoms with E-state index in [-0.39, 0.29) is 5.91 Å². The van der Waals surface area contributed by atoms with Gasteiger partial charge in [0.2, 0.25) is 0 Å². The van der Waals surface area contributed by atoms with Gasteiger partial charge in [-0.2, -0.15) is 0 Å². The van der Waals surface area contributed by atoms with E-state index in [0.29, 0.717) is 0 Å². The van der Waals surface area contributed by atoms with Crippen LogP contribution >= 0.6 is 0 Å². The number of carbonyl (C=O) groups is 1. The number of benzene rings is 1. The molecule has 1 aliphatic heterocycles. The quantitative estimate of drug-likeness (QED) is 0.768. The summed E-state index contributed by atoms with van der Waals surface area (Å²) in [5.41, 5.74) is 6.52. The molecule has 2 nitrogen and oxygen atoms in total. The molecule has 0 spiro atoms. The maximum atomic E-state index is 12.3. The molecule has 1 fully saturated rings.